The van der Waals surface area contributed by atoms with Gasteiger partial charge in [0.1, 0.15) is 11.6 Å². The van der Waals surface area contributed by atoms with E-state index in [1.807, 2.05) is 0 Å². The predicted molar refractivity (Wildman–Crippen MR) is 103 cm³/mol. The van der Waals surface area contributed by atoms with Gasteiger partial charge in [0.15, 0.2) is 0 Å². The van der Waals surface area contributed by atoms with Crippen LogP contribution in [0.2, 0.25) is 0 Å². The molecular formula is C20H16F2N2O3S. The molecule has 3 aromatic carbocycles. The fourth-order valence-electron chi connectivity index (χ4n) is 2.45. The Hall–Kier alpha value is -3.26. The third-order valence-corrected chi connectivity index (χ3v) is 5.34. The lowest BCUT2D eigenvalue weighted by molar-refractivity contribution is 0.102. The summed E-state index contributed by atoms with van der Waals surface area (Å²) in [4.78, 5) is 12.1. The standard InChI is InChI=1S/C20H16F2N2O3S/c1-13-12-16(10-11-17(13)21)28(26,27)24-15-8-6-14(7-9-15)20(25)23-19-5-3-2-4-18(19)22/h2-12,24H,1H3,(H,23,25). The molecule has 8 heteroatoms. The Morgan fingerprint density at radius 1 is 0.893 bits per heavy atom. The van der Waals surface area contributed by atoms with Gasteiger partial charge in [-0.2, -0.15) is 0 Å². The van der Waals surface area contributed by atoms with Crippen LogP contribution in [0.1, 0.15) is 15.9 Å². The minimum Gasteiger partial charge on any atom is -0.319 e. The number of para-hydroxylation sites is 1. The number of rotatable bonds is 5. The number of halogens is 2. The van der Waals surface area contributed by atoms with Gasteiger partial charge < -0.3 is 5.32 Å². The van der Waals surface area contributed by atoms with E-state index in [9.17, 15) is 22.0 Å². The first-order valence-corrected chi connectivity index (χ1v) is 9.69. The van der Waals surface area contributed by atoms with E-state index in [1.165, 1.54) is 61.5 Å². The molecule has 144 valence electrons. The van der Waals surface area contributed by atoms with Crippen LogP contribution in [0.3, 0.4) is 0 Å². The molecule has 0 saturated heterocycles. The maximum absolute atomic E-state index is 13.6. The molecule has 0 aliphatic rings. The topological polar surface area (TPSA) is 75.3 Å². The van der Waals surface area contributed by atoms with E-state index in [-0.39, 0.29) is 27.4 Å². The van der Waals surface area contributed by atoms with Crippen LogP contribution in [0.25, 0.3) is 0 Å². The monoisotopic (exact) mass is 402 g/mol. The summed E-state index contributed by atoms with van der Waals surface area (Å²) in [7, 11) is -3.91. The van der Waals surface area contributed by atoms with E-state index in [2.05, 4.69) is 10.0 Å². The summed E-state index contributed by atoms with van der Waals surface area (Å²) < 4.78 is 54.1. The van der Waals surface area contributed by atoms with Gasteiger partial charge in [-0.1, -0.05) is 12.1 Å². The summed E-state index contributed by atoms with van der Waals surface area (Å²) in [5, 5.41) is 2.44. The first-order valence-electron chi connectivity index (χ1n) is 8.21. The third kappa shape index (κ3) is 4.34. The van der Waals surface area contributed by atoms with Gasteiger partial charge in [0.2, 0.25) is 0 Å². The van der Waals surface area contributed by atoms with E-state index < -0.39 is 27.6 Å². The third-order valence-electron chi connectivity index (χ3n) is 3.96. The smallest absolute Gasteiger partial charge is 0.261 e. The van der Waals surface area contributed by atoms with Crippen LogP contribution in [0, 0.1) is 18.6 Å². The van der Waals surface area contributed by atoms with Crippen LogP contribution >= 0.6 is 0 Å². The highest BCUT2D eigenvalue weighted by Gasteiger charge is 2.16. The zero-order valence-electron chi connectivity index (χ0n) is 14.7. The lowest BCUT2D eigenvalue weighted by Gasteiger charge is -2.10. The normalized spacial score (nSPS) is 11.1. The Balaban J connectivity index is 1.74. The molecule has 0 aliphatic heterocycles. The molecule has 3 aromatic rings. The van der Waals surface area contributed by atoms with Crippen molar-refractivity contribution in [2.24, 2.45) is 0 Å². The molecule has 0 radical (unpaired) electrons. The van der Waals surface area contributed by atoms with Crippen molar-refractivity contribution in [1.82, 2.24) is 0 Å². The molecule has 0 aromatic heterocycles. The Bertz CT molecular complexity index is 1130. The quantitative estimate of drug-likeness (QED) is 0.667. The van der Waals surface area contributed by atoms with Crippen LogP contribution in [-0.2, 0) is 10.0 Å². The molecule has 0 heterocycles. The van der Waals surface area contributed by atoms with E-state index in [0.717, 1.165) is 6.07 Å². The van der Waals surface area contributed by atoms with Gasteiger partial charge in [0.05, 0.1) is 10.6 Å². The Morgan fingerprint density at radius 2 is 1.57 bits per heavy atom. The minimum absolute atomic E-state index is 0.0453. The molecule has 0 bridgehead atoms. The minimum atomic E-state index is -3.91. The molecule has 1 amide bonds. The van der Waals surface area contributed by atoms with E-state index in [0.29, 0.717) is 0 Å². The molecule has 2 N–H and O–H groups in total. The number of amides is 1. The summed E-state index contributed by atoms with van der Waals surface area (Å²) in [6, 6.07) is 14.9. The molecule has 0 spiro atoms. The molecule has 5 nitrogen and oxygen atoms in total. The number of sulfonamides is 1. The molecule has 3 rings (SSSR count). The summed E-state index contributed by atoms with van der Waals surface area (Å²) in [5.74, 6) is -1.59. The van der Waals surface area contributed by atoms with E-state index >= 15 is 0 Å². The SMILES string of the molecule is Cc1cc(S(=O)(=O)Nc2ccc(C(=O)Nc3ccccc3F)cc2)ccc1F. The number of anilines is 2. The second kappa shape index (κ2) is 7.77. The highest BCUT2D eigenvalue weighted by Crippen LogP contribution is 2.20. The van der Waals surface area contributed by atoms with Crippen molar-refractivity contribution in [2.45, 2.75) is 11.8 Å². The number of nitrogens with one attached hydrogen (secondary N) is 2. The van der Waals surface area contributed by atoms with Crippen LogP contribution in [0.5, 0.6) is 0 Å². The number of benzene rings is 3. The van der Waals surface area contributed by atoms with Crippen molar-refractivity contribution < 1.29 is 22.0 Å². The number of hydrogen-bond acceptors (Lipinski definition) is 3. The fraction of sp³-hybridized carbons (Fsp3) is 0.0500. The highest BCUT2D eigenvalue weighted by atomic mass is 32.2. The van der Waals surface area contributed by atoms with Crippen molar-refractivity contribution in [1.29, 1.82) is 0 Å². The van der Waals surface area contributed by atoms with Gasteiger partial charge in [-0.3, -0.25) is 9.52 Å². The molecule has 0 atom stereocenters. The Morgan fingerprint density at radius 3 is 2.21 bits per heavy atom. The maximum atomic E-state index is 13.6. The average Bonchev–Trinajstić information content (AvgIpc) is 2.66. The fourth-order valence-corrected chi connectivity index (χ4v) is 3.59. The van der Waals surface area contributed by atoms with Gasteiger partial charge in [0, 0.05) is 11.3 Å². The molecule has 0 unspecified atom stereocenters. The largest absolute Gasteiger partial charge is 0.319 e. The van der Waals surface area contributed by atoms with Gasteiger partial charge in [-0.05, 0) is 67.1 Å². The second-order valence-corrected chi connectivity index (χ2v) is 7.71. The van der Waals surface area contributed by atoms with E-state index in [4.69, 9.17) is 0 Å². The molecular weight excluding hydrogens is 386 g/mol. The van der Waals surface area contributed by atoms with Gasteiger partial charge in [-0.25, -0.2) is 17.2 Å². The lowest BCUT2D eigenvalue weighted by Crippen LogP contribution is -2.15. The number of carbonyl (C=O) groups is 1. The van der Waals surface area contributed by atoms with Crippen LogP contribution in [0.4, 0.5) is 20.2 Å². The second-order valence-electron chi connectivity index (χ2n) is 6.03. The van der Waals surface area contributed by atoms with Crippen molar-refractivity contribution in [3.05, 3.63) is 89.5 Å². The maximum Gasteiger partial charge on any atom is 0.261 e. The van der Waals surface area contributed by atoms with Crippen molar-refractivity contribution in [3.8, 4) is 0 Å². The molecule has 0 fully saturated rings. The zero-order valence-corrected chi connectivity index (χ0v) is 15.6. The van der Waals surface area contributed by atoms with Gasteiger partial charge >= 0.3 is 0 Å². The van der Waals surface area contributed by atoms with Crippen LogP contribution in [-0.4, -0.2) is 14.3 Å². The Kier molecular flexibility index (Phi) is 5.41. The van der Waals surface area contributed by atoms with Crippen LogP contribution in [0.15, 0.2) is 71.6 Å². The zero-order chi connectivity index (χ0) is 20.3. The first kappa shape index (κ1) is 19.5. The summed E-state index contributed by atoms with van der Waals surface area (Å²) in [5.41, 5.74) is 0.709. The predicted octanol–water partition coefficient (Wildman–Crippen LogP) is 4.33. The number of hydrogen-bond donors (Lipinski definition) is 2. The summed E-state index contributed by atoms with van der Waals surface area (Å²) >= 11 is 0. The first-order chi connectivity index (χ1) is 13.3. The summed E-state index contributed by atoms with van der Waals surface area (Å²) in [6.07, 6.45) is 0. The van der Waals surface area contributed by atoms with Gasteiger partial charge in [-0.15, -0.1) is 0 Å². The lowest BCUT2D eigenvalue weighted by atomic mass is 10.2. The molecule has 28 heavy (non-hydrogen) atoms. The average molecular weight is 402 g/mol. The number of carbonyl (C=O) groups excluding carboxylic acids is 1. The van der Waals surface area contributed by atoms with Crippen LogP contribution < -0.4 is 10.0 Å². The van der Waals surface area contributed by atoms with Crippen molar-refractivity contribution in [3.63, 3.8) is 0 Å². The van der Waals surface area contributed by atoms with Gasteiger partial charge in [0.25, 0.3) is 15.9 Å². The highest BCUT2D eigenvalue weighted by molar-refractivity contribution is 7.92. The number of aryl methyl sites for hydroxylation is 1. The molecule has 0 aliphatic carbocycles. The Labute approximate surface area is 161 Å². The van der Waals surface area contributed by atoms with Crippen molar-refractivity contribution in [2.75, 3.05) is 10.0 Å². The van der Waals surface area contributed by atoms with E-state index in [1.54, 1.807) is 6.07 Å². The molecule has 0 saturated carbocycles. The summed E-state index contributed by atoms with van der Waals surface area (Å²) in [6.45, 7) is 1.47. The van der Waals surface area contributed by atoms with Crippen molar-refractivity contribution >= 4 is 27.3 Å².